The number of sulfone groups is 1. The third kappa shape index (κ3) is 3.78. The first-order valence-corrected chi connectivity index (χ1v) is 11.7. The van der Waals surface area contributed by atoms with E-state index in [-0.39, 0.29) is 21.6 Å². The van der Waals surface area contributed by atoms with Gasteiger partial charge in [-0.25, -0.2) is 21.1 Å². The maximum Gasteiger partial charge on any atom is 0.211 e. The largest absolute Gasteiger partial charge is 0.377 e. The van der Waals surface area contributed by atoms with Crippen molar-refractivity contribution in [3.63, 3.8) is 0 Å². The summed E-state index contributed by atoms with van der Waals surface area (Å²) in [6.07, 6.45) is 6.64. The van der Waals surface area contributed by atoms with E-state index >= 15 is 0 Å². The minimum atomic E-state index is -3.60. The Kier molecular flexibility index (Phi) is 5.39. The molecule has 3 atom stereocenters. The van der Waals surface area contributed by atoms with E-state index in [4.69, 9.17) is 4.74 Å². The first-order chi connectivity index (χ1) is 12.2. The maximum absolute atomic E-state index is 12.8. The van der Waals surface area contributed by atoms with E-state index in [9.17, 15) is 16.8 Å². The van der Waals surface area contributed by atoms with Gasteiger partial charge < -0.3 is 4.74 Å². The monoisotopic (exact) mass is 397 g/mol. The molecule has 1 aliphatic heterocycles. The lowest BCUT2D eigenvalue weighted by Crippen LogP contribution is -2.33. The highest BCUT2D eigenvalue weighted by Gasteiger charge is 2.37. The summed E-state index contributed by atoms with van der Waals surface area (Å²) in [5.74, 6) is 0.0460. The number of allylic oxidation sites excluding steroid dienone is 1. The number of nitrogens with zero attached hydrogens (tertiary/aromatic N) is 1. The molecule has 8 heteroatoms. The molecule has 26 heavy (non-hydrogen) atoms. The molecule has 142 valence electrons. The molecule has 0 saturated carbocycles. The van der Waals surface area contributed by atoms with Crippen molar-refractivity contribution in [3.8, 4) is 0 Å². The highest BCUT2D eigenvalue weighted by Crippen LogP contribution is 2.35. The molecule has 1 saturated heterocycles. The zero-order chi connectivity index (χ0) is 18.9. The van der Waals surface area contributed by atoms with E-state index < -0.39 is 26.0 Å². The first-order valence-electron chi connectivity index (χ1n) is 8.41. The number of ether oxygens (including phenoxy) is 1. The molecule has 1 aromatic carbocycles. The van der Waals surface area contributed by atoms with Crippen LogP contribution in [0, 0.1) is 11.8 Å². The molecule has 1 fully saturated rings. The highest BCUT2D eigenvalue weighted by atomic mass is 32.2. The zero-order valence-electron chi connectivity index (χ0n) is 14.8. The van der Waals surface area contributed by atoms with Gasteiger partial charge in [-0.15, -0.1) is 0 Å². The average Bonchev–Trinajstić information content (AvgIpc) is 3.12. The predicted molar refractivity (Wildman–Crippen MR) is 99.7 cm³/mol. The van der Waals surface area contributed by atoms with Gasteiger partial charge in [-0.2, -0.15) is 0 Å². The normalized spacial score (nSPS) is 27.5. The zero-order valence-corrected chi connectivity index (χ0v) is 16.4. The van der Waals surface area contributed by atoms with E-state index in [1.807, 2.05) is 6.08 Å². The van der Waals surface area contributed by atoms with Crippen LogP contribution in [0.5, 0.6) is 0 Å². The topological polar surface area (TPSA) is 80.8 Å². The Hall–Kier alpha value is -1.48. The van der Waals surface area contributed by atoms with Gasteiger partial charge in [0.2, 0.25) is 19.9 Å². The van der Waals surface area contributed by atoms with Crippen molar-refractivity contribution in [2.45, 2.75) is 17.4 Å². The van der Waals surface area contributed by atoms with Crippen LogP contribution in [0.15, 0.2) is 58.4 Å². The van der Waals surface area contributed by atoms with Gasteiger partial charge in [0.15, 0.2) is 0 Å². The van der Waals surface area contributed by atoms with Crippen LogP contribution in [0.25, 0.3) is 0 Å². The van der Waals surface area contributed by atoms with Crippen LogP contribution in [-0.2, 0) is 24.6 Å². The average molecular weight is 398 g/mol. The van der Waals surface area contributed by atoms with Crippen LogP contribution in [-0.4, -0.2) is 53.7 Å². The van der Waals surface area contributed by atoms with E-state index in [2.05, 4.69) is 0 Å². The molecule has 0 bridgehead atoms. The SMILES string of the molecule is COC1C=C(S(=O)(=O)c2ccccc2)C=CC1[C@@H]1CCN(S(C)(=O)=O)C1. The molecule has 0 spiro atoms. The fourth-order valence-electron chi connectivity index (χ4n) is 3.58. The quantitative estimate of drug-likeness (QED) is 0.757. The summed E-state index contributed by atoms with van der Waals surface area (Å²) in [5.41, 5.74) is 0. The number of rotatable bonds is 5. The van der Waals surface area contributed by atoms with Crippen LogP contribution in [0.2, 0.25) is 0 Å². The molecule has 0 aromatic heterocycles. The molecular weight excluding hydrogens is 374 g/mol. The van der Waals surface area contributed by atoms with Gasteiger partial charge in [-0.1, -0.05) is 24.3 Å². The van der Waals surface area contributed by atoms with E-state index in [1.165, 1.54) is 10.6 Å². The summed E-state index contributed by atoms with van der Waals surface area (Å²) >= 11 is 0. The lowest BCUT2D eigenvalue weighted by atomic mass is 9.84. The van der Waals surface area contributed by atoms with E-state index in [1.54, 1.807) is 49.6 Å². The van der Waals surface area contributed by atoms with Crippen molar-refractivity contribution in [3.05, 3.63) is 53.5 Å². The number of hydrogen-bond donors (Lipinski definition) is 0. The molecule has 1 aromatic rings. The Labute approximate surface area is 155 Å². The molecule has 0 amide bonds. The highest BCUT2D eigenvalue weighted by molar-refractivity contribution is 7.95. The van der Waals surface area contributed by atoms with Crippen LogP contribution in [0.1, 0.15) is 6.42 Å². The van der Waals surface area contributed by atoms with Gasteiger partial charge in [0.1, 0.15) is 0 Å². The van der Waals surface area contributed by atoms with E-state index in [0.717, 1.165) is 6.42 Å². The summed E-state index contributed by atoms with van der Waals surface area (Å²) < 4.78 is 56.1. The number of sulfonamides is 1. The minimum absolute atomic E-state index is 0.0542. The molecule has 6 nitrogen and oxygen atoms in total. The van der Waals surface area contributed by atoms with Gasteiger partial charge >= 0.3 is 0 Å². The van der Waals surface area contributed by atoms with Crippen LogP contribution in [0.4, 0.5) is 0 Å². The molecule has 2 unspecified atom stereocenters. The summed E-state index contributed by atoms with van der Waals surface area (Å²) in [5, 5.41) is 0. The molecule has 1 aliphatic carbocycles. The van der Waals surface area contributed by atoms with Gasteiger partial charge in [0.25, 0.3) is 0 Å². The lowest BCUT2D eigenvalue weighted by Gasteiger charge is -2.29. The van der Waals surface area contributed by atoms with Crippen molar-refractivity contribution in [1.82, 2.24) is 4.31 Å². The summed E-state index contributed by atoms with van der Waals surface area (Å²) in [6, 6.07) is 8.28. The molecule has 2 aliphatic rings. The van der Waals surface area contributed by atoms with Gasteiger partial charge in [-0.05, 0) is 36.6 Å². The molecule has 0 radical (unpaired) electrons. The van der Waals surface area contributed by atoms with Crippen molar-refractivity contribution in [1.29, 1.82) is 0 Å². The maximum atomic E-state index is 12.8. The molecule has 0 N–H and O–H groups in total. The Morgan fingerprint density at radius 2 is 1.81 bits per heavy atom. The van der Waals surface area contributed by atoms with Crippen LogP contribution < -0.4 is 0 Å². The van der Waals surface area contributed by atoms with Crippen LogP contribution in [0.3, 0.4) is 0 Å². The predicted octanol–water partition coefficient (Wildman–Crippen LogP) is 1.83. The van der Waals surface area contributed by atoms with Gasteiger partial charge in [0, 0.05) is 26.1 Å². The Morgan fingerprint density at radius 3 is 2.38 bits per heavy atom. The second-order valence-corrected chi connectivity index (χ2v) is 10.6. The van der Waals surface area contributed by atoms with Crippen molar-refractivity contribution in [2.75, 3.05) is 26.5 Å². The number of methoxy groups -OCH3 is 1. The third-order valence-electron chi connectivity index (χ3n) is 5.03. The summed E-state index contributed by atoms with van der Waals surface area (Å²) in [7, 11) is -5.26. The van der Waals surface area contributed by atoms with Crippen molar-refractivity contribution < 1.29 is 21.6 Å². The smallest absolute Gasteiger partial charge is 0.211 e. The Morgan fingerprint density at radius 1 is 1.12 bits per heavy atom. The third-order valence-corrected chi connectivity index (χ3v) is 8.08. The van der Waals surface area contributed by atoms with Crippen molar-refractivity contribution in [2.24, 2.45) is 11.8 Å². The fraction of sp³-hybridized carbons (Fsp3) is 0.444. The number of hydrogen-bond acceptors (Lipinski definition) is 5. The fourth-order valence-corrected chi connectivity index (χ4v) is 5.84. The minimum Gasteiger partial charge on any atom is -0.377 e. The molecular formula is C18H23NO5S2. The summed E-state index contributed by atoms with van der Waals surface area (Å²) in [6.45, 7) is 0.922. The first kappa shape index (κ1) is 19.3. The Balaban J connectivity index is 1.83. The van der Waals surface area contributed by atoms with E-state index in [0.29, 0.717) is 13.1 Å². The second-order valence-electron chi connectivity index (χ2n) is 6.69. The summed E-state index contributed by atoms with van der Waals surface area (Å²) in [4.78, 5) is 0.457. The second kappa shape index (κ2) is 7.26. The Bertz CT molecular complexity index is 920. The molecule has 1 heterocycles. The van der Waals surface area contributed by atoms with Crippen LogP contribution >= 0.6 is 0 Å². The van der Waals surface area contributed by atoms with Crippen molar-refractivity contribution >= 4 is 19.9 Å². The van der Waals surface area contributed by atoms with Gasteiger partial charge in [0.05, 0.1) is 22.2 Å². The number of benzene rings is 1. The molecule has 3 rings (SSSR count). The standard InChI is InChI=1S/C18H23NO5S2/c1-24-18-12-16(26(22,23)15-6-4-3-5-7-15)8-9-17(18)14-10-11-19(13-14)25(2,20)21/h3-9,12,14,17-18H,10-11,13H2,1-2H3/t14-,17?,18?/m1/s1. The lowest BCUT2D eigenvalue weighted by molar-refractivity contribution is 0.0837. The van der Waals surface area contributed by atoms with Gasteiger partial charge in [-0.3, -0.25) is 0 Å².